The number of methoxy groups -OCH3 is 1. The number of hydrogen-bond acceptors (Lipinski definition) is 2. The zero-order valence-corrected chi connectivity index (χ0v) is 15.3. The molecule has 3 rings (SSSR count). The summed E-state index contributed by atoms with van der Waals surface area (Å²) < 4.78 is 18.6. The molecule has 0 bridgehead atoms. The van der Waals surface area contributed by atoms with Gasteiger partial charge in [-0.05, 0) is 49.3 Å². The van der Waals surface area contributed by atoms with Gasteiger partial charge in [0.05, 0.1) is 13.2 Å². The number of halogens is 2. The Hall–Kier alpha value is -1.05. The molecule has 2 aliphatic carbocycles. The molecule has 0 saturated heterocycles. The lowest BCUT2D eigenvalue weighted by atomic mass is 9.76. The van der Waals surface area contributed by atoms with Crippen molar-refractivity contribution in [2.24, 2.45) is 10.7 Å². The van der Waals surface area contributed by atoms with E-state index in [2.05, 4.69) is 9.89 Å². The van der Waals surface area contributed by atoms with E-state index >= 15 is 0 Å². The van der Waals surface area contributed by atoms with Crippen LogP contribution in [0.5, 0.6) is 5.75 Å². The van der Waals surface area contributed by atoms with Crippen molar-refractivity contribution in [1.82, 2.24) is 4.90 Å². The molecule has 2 fully saturated rings. The first-order chi connectivity index (χ1) is 10.1. The Kier molecular flexibility index (Phi) is 5.52. The van der Waals surface area contributed by atoms with E-state index in [4.69, 9.17) is 10.5 Å². The normalized spacial score (nSPS) is 24.2. The fraction of sp³-hybridized carbons (Fsp3) is 0.562. The fourth-order valence-corrected chi connectivity index (χ4v) is 2.83. The molecule has 0 heterocycles. The van der Waals surface area contributed by atoms with Gasteiger partial charge in [-0.25, -0.2) is 9.38 Å². The zero-order chi connectivity index (χ0) is 15.0. The molecular formula is C16H23FIN3O. The van der Waals surface area contributed by atoms with Crippen molar-refractivity contribution in [3.63, 3.8) is 0 Å². The lowest BCUT2D eigenvalue weighted by Crippen LogP contribution is -2.38. The number of aliphatic imine (C=N–C) groups is 1. The summed E-state index contributed by atoms with van der Waals surface area (Å²) in [5, 5.41) is 0. The Balaban J connectivity index is 0.00000176. The highest BCUT2D eigenvalue weighted by molar-refractivity contribution is 14.0. The molecule has 4 nitrogen and oxygen atoms in total. The predicted molar refractivity (Wildman–Crippen MR) is 96.5 cm³/mol. The second kappa shape index (κ2) is 7.02. The van der Waals surface area contributed by atoms with Crippen LogP contribution < -0.4 is 10.5 Å². The van der Waals surface area contributed by atoms with Gasteiger partial charge in [0.25, 0.3) is 0 Å². The van der Waals surface area contributed by atoms with Gasteiger partial charge in [-0.1, -0.05) is 6.07 Å². The Morgan fingerprint density at radius 3 is 2.59 bits per heavy atom. The van der Waals surface area contributed by atoms with Crippen LogP contribution in [0.3, 0.4) is 0 Å². The van der Waals surface area contributed by atoms with Gasteiger partial charge < -0.3 is 15.4 Å². The van der Waals surface area contributed by atoms with E-state index in [9.17, 15) is 4.39 Å². The van der Waals surface area contributed by atoms with E-state index in [0.29, 0.717) is 23.7 Å². The van der Waals surface area contributed by atoms with Crippen LogP contribution in [0.2, 0.25) is 0 Å². The maximum absolute atomic E-state index is 13.7. The number of benzene rings is 1. The molecule has 0 unspecified atom stereocenters. The maximum atomic E-state index is 13.7. The monoisotopic (exact) mass is 419 g/mol. The van der Waals surface area contributed by atoms with Gasteiger partial charge in [-0.15, -0.1) is 24.0 Å². The molecule has 122 valence electrons. The van der Waals surface area contributed by atoms with Crippen molar-refractivity contribution >= 4 is 29.9 Å². The van der Waals surface area contributed by atoms with Crippen LogP contribution in [-0.2, 0) is 0 Å². The van der Waals surface area contributed by atoms with Crippen molar-refractivity contribution in [3.8, 4) is 5.75 Å². The van der Waals surface area contributed by atoms with Crippen LogP contribution in [0.1, 0.15) is 37.2 Å². The molecule has 0 radical (unpaired) electrons. The summed E-state index contributed by atoms with van der Waals surface area (Å²) in [7, 11) is 3.48. The summed E-state index contributed by atoms with van der Waals surface area (Å²) in [6.07, 6.45) is 4.30. The minimum atomic E-state index is -0.296. The first-order valence-electron chi connectivity index (χ1n) is 7.48. The summed E-state index contributed by atoms with van der Waals surface area (Å²) in [6, 6.07) is 6.05. The second-order valence-corrected chi connectivity index (χ2v) is 6.05. The third-order valence-corrected chi connectivity index (χ3v) is 4.53. The van der Waals surface area contributed by atoms with Crippen LogP contribution in [0.15, 0.2) is 23.2 Å². The van der Waals surface area contributed by atoms with Gasteiger partial charge >= 0.3 is 0 Å². The van der Waals surface area contributed by atoms with Crippen LogP contribution in [0.25, 0.3) is 0 Å². The van der Waals surface area contributed by atoms with Crippen molar-refractivity contribution in [1.29, 1.82) is 0 Å². The van der Waals surface area contributed by atoms with Crippen LogP contribution >= 0.6 is 24.0 Å². The summed E-state index contributed by atoms with van der Waals surface area (Å²) in [4.78, 5) is 6.65. The number of hydrogen-bond donors (Lipinski definition) is 1. The number of nitrogens with zero attached hydrogens (tertiary/aromatic N) is 2. The van der Waals surface area contributed by atoms with E-state index in [0.717, 1.165) is 18.4 Å². The van der Waals surface area contributed by atoms with E-state index in [1.807, 2.05) is 13.1 Å². The lowest BCUT2D eigenvalue weighted by Gasteiger charge is -2.34. The molecule has 0 amide bonds. The van der Waals surface area contributed by atoms with Crippen molar-refractivity contribution < 1.29 is 9.13 Å². The minimum Gasteiger partial charge on any atom is -0.494 e. The molecule has 1 aromatic carbocycles. The van der Waals surface area contributed by atoms with Crippen LogP contribution in [0.4, 0.5) is 4.39 Å². The van der Waals surface area contributed by atoms with Gasteiger partial charge in [0, 0.05) is 13.1 Å². The average molecular weight is 419 g/mol. The van der Waals surface area contributed by atoms with E-state index in [1.165, 1.54) is 20.0 Å². The van der Waals surface area contributed by atoms with Gasteiger partial charge in [0.1, 0.15) is 0 Å². The Bertz CT molecular complexity index is 556. The lowest BCUT2D eigenvalue weighted by molar-refractivity contribution is 0.344. The number of guanidine groups is 1. The molecule has 2 saturated carbocycles. The molecule has 2 aliphatic rings. The van der Waals surface area contributed by atoms with Crippen molar-refractivity contribution in [2.45, 2.75) is 43.7 Å². The smallest absolute Gasteiger partial charge is 0.191 e. The first kappa shape index (κ1) is 17.3. The van der Waals surface area contributed by atoms with Gasteiger partial charge in [0.15, 0.2) is 17.5 Å². The number of rotatable bonds is 4. The molecule has 0 aliphatic heterocycles. The predicted octanol–water partition coefficient (Wildman–Crippen LogP) is 3.11. The number of nitrogens with two attached hydrogens (primary N) is 1. The second-order valence-electron chi connectivity index (χ2n) is 6.05. The van der Waals surface area contributed by atoms with Crippen molar-refractivity contribution in [3.05, 3.63) is 29.6 Å². The fourth-order valence-electron chi connectivity index (χ4n) is 2.83. The van der Waals surface area contributed by atoms with E-state index < -0.39 is 0 Å². The zero-order valence-electron chi connectivity index (χ0n) is 13.0. The molecule has 22 heavy (non-hydrogen) atoms. The maximum Gasteiger partial charge on any atom is 0.191 e. The number of ether oxygens (including phenoxy) is 1. The largest absolute Gasteiger partial charge is 0.494 e. The first-order valence-corrected chi connectivity index (χ1v) is 7.48. The highest BCUT2D eigenvalue weighted by atomic mass is 127. The quantitative estimate of drug-likeness (QED) is 0.464. The van der Waals surface area contributed by atoms with Crippen LogP contribution in [-0.4, -0.2) is 37.1 Å². The van der Waals surface area contributed by atoms with Gasteiger partial charge in [0.2, 0.25) is 0 Å². The van der Waals surface area contributed by atoms with E-state index in [1.54, 1.807) is 12.1 Å². The third kappa shape index (κ3) is 3.64. The summed E-state index contributed by atoms with van der Waals surface area (Å²) in [6.45, 7) is 0. The Morgan fingerprint density at radius 1 is 1.36 bits per heavy atom. The molecule has 2 N–H and O–H groups in total. The average Bonchev–Trinajstić information content (AvgIpc) is 3.25. The molecule has 0 aromatic heterocycles. The summed E-state index contributed by atoms with van der Waals surface area (Å²) in [5.41, 5.74) is 7.04. The molecule has 1 aromatic rings. The molecule has 0 spiro atoms. The highest BCUT2D eigenvalue weighted by Gasteiger charge is 2.32. The van der Waals surface area contributed by atoms with E-state index in [-0.39, 0.29) is 35.8 Å². The SMILES string of the molecule is COc1ccc(C2CC(N=C(N)N(C)C3CC3)C2)cc1F.I. The minimum absolute atomic E-state index is 0. The van der Waals surface area contributed by atoms with Gasteiger partial charge in [-0.3, -0.25) is 0 Å². The standard InChI is InChI=1S/C16H22FN3O.HI/c1-20(13-4-5-13)16(18)19-12-7-11(8-12)10-3-6-15(21-2)14(17)9-10;/h3,6,9,11-13H,4-5,7-8H2,1-2H3,(H2,18,19);1H. The third-order valence-electron chi connectivity index (χ3n) is 4.53. The molecule has 6 heteroatoms. The summed E-state index contributed by atoms with van der Waals surface area (Å²) >= 11 is 0. The topological polar surface area (TPSA) is 50.9 Å². The van der Waals surface area contributed by atoms with Gasteiger partial charge in [-0.2, -0.15) is 0 Å². The molecule has 0 atom stereocenters. The Labute approximate surface area is 147 Å². The van der Waals surface area contributed by atoms with Crippen molar-refractivity contribution in [2.75, 3.05) is 14.2 Å². The highest BCUT2D eigenvalue weighted by Crippen LogP contribution is 2.40. The molecular weight excluding hydrogens is 396 g/mol. The van der Waals surface area contributed by atoms with Crippen LogP contribution in [0, 0.1) is 5.82 Å². The summed E-state index contributed by atoms with van der Waals surface area (Å²) in [5.74, 6) is 1.01. The Morgan fingerprint density at radius 2 is 2.05 bits per heavy atom.